The zero-order valence-electron chi connectivity index (χ0n) is 10.6. The molecule has 1 atom stereocenters. The van der Waals surface area contributed by atoms with Gasteiger partial charge in [-0.25, -0.2) is 0 Å². The summed E-state index contributed by atoms with van der Waals surface area (Å²) in [5, 5.41) is 0. The van der Waals surface area contributed by atoms with Gasteiger partial charge in [0.25, 0.3) is 0 Å². The van der Waals surface area contributed by atoms with Crippen LogP contribution in [0.4, 0.5) is 0 Å². The quantitative estimate of drug-likeness (QED) is 0.872. The van der Waals surface area contributed by atoms with Gasteiger partial charge >= 0.3 is 0 Å². The second-order valence-corrected chi connectivity index (χ2v) is 4.68. The van der Waals surface area contributed by atoms with Crippen LogP contribution in [0.2, 0.25) is 0 Å². The summed E-state index contributed by atoms with van der Waals surface area (Å²) < 4.78 is 10.5. The molecule has 0 amide bonds. The van der Waals surface area contributed by atoms with Gasteiger partial charge in [-0.15, -0.1) is 0 Å². The fourth-order valence-corrected chi connectivity index (χ4v) is 2.65. The summed E-state index contributed by atoms with van der Waals surface area (Å²) in [6.45, 7) is 0. The third-order valence-electron chi connectivity index (χ3n) is 3.70. The molecule has 0 bridgehead atoms. The van der Waals surface area contributed by atoms with Gasteiger partial charge in [0, 0.05) is 6.04 Å². The predicted octanol–water partition coefficient (Wildman–Crippen LogP) is 2.89. The van der Waals surface area contributed by atoms with E-state index in [0.717, 1.165) is 17.1 Å². The molecule has 0 aliphatic heterocycles. The fraction of sp³-hybridized carbons (Fsp3) is 0.571. The first-order chi connectivity index (χ1) is 8.26. The molecule has 2 rings (SSSR count). The van der Waals surface area contributed by atoms with E-state index in [0.29, 0.717) is 5.92 Å². The maximum Gasteiger partial charge on any atom is 0.161 e. The normalized spacial score (nSPS) is 18.1. The number of ether oxygens (including phenoxy) is 2. The monoisotopic (exact) mass is 235 g/mol. The number of hydrogen-bond donors (Lipinski definition) is 1. The average Bonchev–Trinajstić information content (AvgIpc) is 2.90. The van der Waals surface area contributed by atoms with E-state index in [4.69, 9.17) is 15.2 Å². The van der Waals surface area contributed by atoms with Crippen molar-refractivity contribution in [1.29, 1.82) is 0 Å². The Morgan fingerprint density at radius 2 is 1.76 bits per heavy atom. The SMILES string of the molecule is COc1ccc([C@H](N)C2CCCC2)cc1OC. The third kappa shape index (κ3) is 2.55. The molecular weight excluding hydrogens is 214 g/mol. The van der Waals surface area contributed by atoms with Crippen LogP contribution in [0.15, 0.2) is 18.2 Å². The van der Waals surface area contributed by atoms with Crippen molar-refractivity contribution < 1.29 is 9.47 Å². The summed E-state index contributed by atoms with van der Waals surface area (Å²) in [5.41, 5.74) is 7.47. The smallest absolute Gasteiger partial charge is 0.161 e. The van der Waals surface area contributed by atoms with Crippen LogP contribution in [0.1, 0.15) is 37.3 Å². The predicted molar refractivity (Wildman–Crippen MR) is 68.4 cm³/mol. The van der Waals surface area contributed by atoms with Gasteiger partial charge < -0.3 is 15.2 Å². The fourth-order valence-electron chi connectivity index (χ4n) is 2.65. The molecule has 0 spiro atoms. The van der Waals surface area contributed by atoms with Crippen LogP contribution in [-0.4, -0.2) is 14.2 Å². The van der Waals surface area contributed by atoms with Crippen LogP contribution < -0.4 is 15.2 Å². The van der Waals surface area contributed by atoms with E-state index in [1.54, 1.807) is 14.2 Å². The number of benzene rings is 1. The Labute approximate surface area is 103 Å². The lowest BCUT2D eigenvalue weighted by Gasteiger charge is -2.20. The van der Waals surface area contributed by atoms with Crippen molar-refractivity contribution in [3.05, 3.63) is 23.8 Å². The molecular formula is C14H21NO2. The van der Waals surface area contributed by atoms with Crippen molar-refractivity contribution in [2.45, 2.75) is 31.7 Å². The summed E-state index contributed by atoms with van der Waals surface area (Å²) in [7, 11) is 3.30. The average molecular weight is 235 g/mol. The second kappa shape index (κ2) is 5.41. The van der Waals surface area contributed by atoms with E-state index >= 15 is 0 Å². The summed E-state index contributed by atoms with van der Waals surface area (Å²) >= 11 is 0. The highest BCUT2D eigenvalue weighted by atomic mass is 16.5. The molecule has 2 N–H and O–H groups in total. The van der Waals surface area contributed by atoms with Gasteiger partial charge in [-0.1, -0.05) is 18.9 Å². The molecule has 1 fully saturated rings. The van der Waals surface area contributed by atoms with Crippen molar-refractivity contribution in [3.8, 4) is 11.5 Å². The Morgan fingerprint density at radius 1 is 1.12 bits per heavy atom. The molecule has 0 radical (unpaired) electrons. The van der Waals surface area contributed by atoms with Crippen LogP contribution in [0.5, 0.6) is 11.5 Å². The highest BCUT2D eigenvalue weighted by Gasteiger charge is 2.23. The Morgan fingerprint density at radius 3 is 2.35 bits per heavy atom. The van der Waals surface area contributed by atoms with E-state index in [9.17, 15) is 0 Å². The number of nitrogens with two attached hydrogens (primary N) is 1. The molecule has 1 saturated carbocycles. The summed E-state index contributed by atoms with van der Waals surface area (Å²) in [6, 6.07) is 6.10. The molecule has 1 aliphatic carbocycles. The summed E-state index contributed by atoms with van der Waals surface area (Å²) in [4.78, 5) is 0. The Balaban J connectivity index is 2.20. The van der Waals surface area contributed by atoms with Crippen molar-refractivity contribution >= 4 is 0 Å². The molecule has 17 heavy (non-hydrogen) atoms. The zero-order valence-corrected chi connectivity index (χ0v) is 10.6. The van der Waals surface area contributed by atoms with Gasteiger partial charge in [-0.3, -0.25) is 0 Å². The molecule has 3 nitrogen and oxygen atoms in total. The Hall–Kier alpha value is -1.22. The first kappa shape index (κ1) is 12.2. The minimum Gasteiger partial charge on any atom is -0.493 e. The van der Waals surface area contributed by atoms with Crippen LogP contribution in [0.25, 0.3) is 0 Å². The van der Waals surface area contributed by atoms with Crippen LogP contribution in [-0.2, 0) is 0 Å². The van der Waals surface area contributed by atoms with Crippen molar-refractivity contribution in [2.75, 3.05) is 14.2 Å². The van der Waals surface area contributed by atoms with Gasteiger partial charge in [0.15, 0.2) is 11.5 Å². The second-order valence-electron chi connectivity index (χ2n) is 4.68. The first-order valence-corrected chi connectivity index (χ1v) is 6.23. The molecule has 3 heteroatoms. The summed E-state index contributed by atoms with van der Waals surface area (Å²) in [6.07, 6.45) is 5.11. The van der Waals surface area contributed by atoms with E-state index in [1.807, 2.05) is 18.2 Å². The van der Waals surface area contributed by atoms with E-state index in [-0.39, 0.29) is 6.04 Å². The molecule has 1 aromatic carbocycles. The summed E-state index contributed by atoms with van der Waals surface area (Å²) in [5.74, 6) is 2.14. The lowest BCUT2D eigenvalue weighted by molar-refractivity contribution is 0.353. The standard InChI is InChI=1S/C14H21NO2/c1-16-12-8-7-11(9-13(12)17-2)14(15)10-5-3-4-6-10/h7-10,14H,3-6,15H2,1-2H3/t14-/m1/s1. The molecule has 0 saturated heterocycles. The minimum absolute atomic E-state index is 0.123. The number of hydrogen-bond acceptors (Lipinski definition) is 3. The highest BCUT2D eigenvalue weighted by Crippen LogP contribution is 2.37. The van der Waals surface area contributed by atoms with Crippen LogP contribution >= 0.6 is 0 Å². The third-order valence-corrected chi connectivity index (χ3v) is 3.70. The molecule has 0 heterocycles. The van der Waals surface area contributed by atoms with Crippen molar-refractivity contribution in [3.63, 3.8) is 0 Å². The maximum absolute atomic E-state index is 6.32. The topological polar surface area (TPSA) is 44.5 Å². The zero-order chi connectivity index (χ0) is 12.3. The van der Waals surface area contributed by atoms with Gasteiger partial charge in [-0.05, 0) is 36.5 Å². The van der Waals surface area contributed by atoms with E-state index in [2.05, 4.69) is 0 Å². The lowest BCUT2D eigenvalue weighted by Crippen LogP contribution is -2.19. The molecule has 1 aliphatic rings. The largest absolute Gasteiger partial charge is 0.493 e. The lowest BCUT2D eigenvalue weighted by atomic mass is 9.92. The Kier molecular flexibility index (Phi) is 3.89. The van der Waals surface area contributed by atoms with Crippen LogP contribution in [0, 0.1) is 5.92 Å². The van der Waals surface area contributed by atoms with E-state index in [1.165, 1.54) is 25.7 Å². The highest BCUT2D eigenvalue weighted by molar-refractivity contribution is 5.43. The van der Waals surface area contributed by atoms with Gasteiger partial charge in [0.1, 0.15) is 0 Å². The van der Waals surface area contributed by atoms with E-state index < -0.39 is 0 Å². The van der Waals surface area contributed by atoms with Crippen molar-refractivity contribution in [2.24, 2.45) is 11.7 Å². The van der Waals surface area contributed by atoms with Gasteiger partial charge in [0.2, 0.25) is 0 Å². The minimum atomic E-state index is 0.123. The first-order valence-electron chi connectivity index (χ1n) is 6.23. The molecule has 1 aromatic rings. The number of methoxy groups -OCH3 is 2. The maximum atomic E-state index is 6.32. The van der Waals surface area contributed by atoms with Gasteiger partial charge in [-0.2, -0.15) is 0 Å². The molecule has 0 aromatic heterocycles. The number of rotatable bonds is 4. The molecule has 94 valence electrons. The molecule has 0 unspecified atom stereocenters. The van der Waals surface area contributed by atoms with Crippen LogP contribution in [0.3, 0.4) is 0 Å². The van der Waals surface area contributed by atoms with Crippen molar-refractivity contribution in [1.82, 2.24) is 0 Å². The Bertz CT molecular complexity index is 372. The van der Waals surface area contributed by atoms with Gasteiger partial charge in [0.05, 0.1) is 14.2 Å².